The van der Waals surface area contributed by atoms with Gasteiger partial charge in [-0.3, -0.25) is 9.69 Å². The molecule has 190 valence electrons. The molecule has 3 heterocycles. The molecule has 1 aliphatic carbocycles. The molecule has 1 amide bonds. The number of hydrogen-bond acceptors (Lipinski definition) is 5. The summed E-state index contributed by atoms with van der Waals surface area (Å²) in [4.78, 5) is 15.8. The van der Waals surface area contributed by atoms with Gasteiger partial charge in [-0.05, 0) is 99.8 Å². The van der Waals surface area contributed by atoms with Crippen LogP contribution in [0.15, 0.2) is 45.9 Å². The Balaban J connectivity index is 1.17. The van der Waals surface area contributed by atoms with Crippen LogP contribution >= 0.6 is 0 Å². The number of amides is 1. The van der Waals surface area contributed by atoms with Gasteiger partial charge < -0.3 is 9.73 Å². The number of piperidine rings is 2. The second-order valence-corrected chi connectivity index (χ2v) is 12.1. The first kappa shape index (κ1) is 24.5. The van der Waals surface area contributed by atoms with E-state index in [0.29, 0.717) is 37.4 Å². The second-order valence-electron chi connectivity index (χ2n) is 10.2. The lowest BCUT2D eigenvalue weighted by Gasteiger charge is -2.34. The molecule has 2 aliphatic heterocycles. The lowest BCUT2D eigenvalue weighted by Crippen LogP contribution is -2.45. The Morgan fingerprint density at radius 3 is 2.43 bits per heavy atom. The molecule has 2 fully saturated rings. The first-order valence-corrected chi connectivity index (χ1v) is 14.6. The summed E-state index contributed by atoms with van der Waals surface area (Å²) >= 11 is 0. The third kappa shape index (κ3) is 5.49. The second kappa shape index (κ2) is 10.8. The van der Waals surface area contributed by atoms with Crippen LogP contribution < -0.4 is 5.32 Å². The number of furan rings is 1. The van der Waals surface area contributed by atoms with Gasteiger partial charge in [0.1, 0.15) is 5.76 Å². The summed E-state index contributed by atoms with van der Waals surface area (Å²) in [7, 11) is -3.53. The van der Waals surface area contributed by atoms with Crippen molar-refractivity contribution >= 4 is 15.9 Å². The number of benzene rings is 1. The lowest BCUT2D eigenvalue weighted by atomic mass is 9.92. The fourth-order valence-electron chi connectivity index (χ4n) is 5.84. The molecule has 35 heavy (non-hydrogen) atoms. The summed E-state index contributed by atoms with van der Waals surface area (Å²) in [6, 6.07) is 9.53. The molecule has 7 nitrogen and oxygen atoms in total. The van der Waals surface area contributed by atoms with E-state index in [0.717, 1.165) is 38.1 Å². The minimum Gasteiger partial charge on any atom is -0.468 e. The molecule has 1 aromatic heterocycles. The van der Waals surface area contributed by atoms with Gasteiger partial charge in [0.15, 0.2) is 0 Å². The van der Waals surface area contributed by atoms with Gasteiger partial charge in [0.2, 0.25) is 15.9 Å². The zero-order chi connectivity index (χ0) is 24.3. The van der Waals surface area contributed by atoms with Crippen LogP contribution in [0.2, 0.25) is 0 Å². The van der Waals surface area contributed by atoms with Crippen molar-refractivity contribution in [2.24, 2.45) is 5.92 Å². The fraction of sp³-hybridized carbons (Fsp3) is 0.593. The number of nitrogens with one attached hydrogen (secondary N) is 1. The van der Waals surface area contributed by atoms with Crippen molar-refractivity contribution in [1.29, 1.82) is 0 Å². The van der Waals surface area contributed by atoms with E-state index >= 15 is 0 Å². The molecule has 5 rings (SSSR count). The van der Waals surface area contributed by atoms with Crippen LogP contribution in [-0.4, -0.2) is 56.3 Å². The zero-order valence-electron chi connectivity index (χ0n) is 20.5. The van der Waals surface area contributed by atoms with Crippen molar-refractivity contribution in [3.05, 3.63) is 53.5 Å². The van der Waals surface area contributed by atoms with E-state index in [2.05, 4.69) is 10.2 Å². The molecule has 1 N–H and O–H groups in total. The van der Waals surface area contributed by atoms with Crippen LogP contribution in [0.25, 0.3) is 0 Å². The Morgan fingerprint density at radius 2 is 1.71 bits per heavy atom. The van der Waals surface area contributed by atoms with Gasteiger partial charge in [0.05, 0.1) is 17.2 Å². The first-order valence-electron chi connectivity index (χ1n) is 13.2. The molecule has 0 spiro atoms. The lowest BCUT2D eigenvalue weighted by molar-refractivity contribution is -0.126. The van der Waals surface area contributed by atoms with Crippen molar-refractivity contribution in [2.75, 3.05) is 32.7 Å². The largest absolute Gasteiger partial charge is 0.468 e. The van der Waals surface area contributed by atoms with Crippen molar-refractivity contribution in [2.45, 2.75) is 68.7 Å². The fourth-order valence-corrected chi connectivity index (χ4v) is 7.36. The zero-order valence-corrected chi connectivity index (χ0v) is 21.3. The molecule has 0 radical (unpaired) electrons. The monoisotopic (exact) mass is 499 g/mol. The Kier molecular flexibility index (Phi) is 7.60. The predicted octanol–water partition coefficient (Wildman–Crippen LogP) is 3.90. The highest BCUT2D eigenvalue weighted by Gasteiger charge is 2.33. The third-order valence-electron chi connectivity index (χ3n) is 7.96. The number of likely N-dealkylation sites (tertiary alicyclic amines) is 1. The maximum atomic E-state index is 13.3. The van der Waals surface area contributed by atoms with Crippen LogP contribution in [0, 0.1) is 5.92 Å². The summed E-state index contributed by atoms with van der Waals surface area (Å²) in [5, 5.41) is 3.15. The molecule has 1 atom stereocenters. The molecular formula is C27H37N3O4S. The molecule has 8 heteroatoms. The number of nitrogens with zero attached hydrogens (tertiary/aromatic N) is 2. The van der Waals surface area contributed by atoms with Gasteiger partial charge in [0, 0.05) is 25.6 Å². The summed E-state index contributed by atoms with van der Waals surface area (Å²) in [6.45, 7) is 3.30. The van der Waals surface area contributed by atoms with Crippen LogP contribution in [0.4, 0.5) is 0 Å². The Labute approximate surface area is 208 Å². The average molecular weight is 500 g/mol. The van der Waals surface area contributed by atoms with Crippen LogP contribution in [0.3, 0.4) is 0 Å². The van der Waals surface area contributed by atoms with E-state index in [9.17, 15) is 13.2 Å². The quantitative estimate of drug-likeness (QED) is 0.625. The number of carbonyl (C=O) groups is 1. The summed E-state index contributed by atoms with van der Waals surface area (Å²) < 4.78 is 33.8. The number of fused-ring (bicyclic) bond motifs is 1. The number of rotatable bonds is 7. The highest BCUT2D eigenvalue weighted by atomic mass is 32.2. The van der Waals surface area contributed by atoms with E-state index in [-0.39, 0.29) is 17.9 Å². The standard InChI is InChI=1S/C27H37N3O4S/c31-27(28-20-25(26-9-6-18-34-26)29-14-4-1-5-15-29)22-12-16-30(17-13-22)35(32,33)24-11-10-21-7-2-3-8-23(21)19-24/h6,9-11,18-19,22,25H,1-5,7-8,12-17,20H2,(H,28,31)/t25-/m1/s1. The van der Waals surface area contributed by atoms with Crippen LogP contribution in [0.5, 0.6) is 0 Å². The van der Waals surface area contributed by atoms with Gasteiger partial charge in [-0.2, -0.15) is 4.31 Å². The summed E-state index contributed by atoms with van der Waals surface area (Å²) in [5.41, 5.74) is 2.45. The molecule has 0 bridgehead atoms. The highest BCUT2D eigenvalue weighted by Crippen LogP contribution is 2.29. The first-order chi connectivity index (χ1) is 17.0. The number of sulfonamides is 1. The Morgan fingerprint density at radius 1 is 0.971 bits per heavy atom. The smallest absolute Gasteiger partial charge is 0.243 e. The molecule has 1 aromatic carbocycles. The van der Waals surface area contributed by atoms with E-state index in [1.165, 1.54) is 36.8 Å². The summed E-state index contributed by atoms with van der Waals surface area (Å²) in [6.07, 6.45) is 10.7. The molecule has 2 aromatic rings. The normalized spacial score (nSPS) is 21.4. The molecule has 0 saturated carbocycles. The van der Waals surface area contributed by atoms with Crippen LogP contribution in [0.1, 0.15) is 67.9 Å². The van der Waals surface area contributed by atoms with Crippen molar-refractivity contribution in [1.82, 2.24) is 14.5 Å². The minimum absolute atomic E-state index is 0.0180. The minimum atomic E-state index is -3.53. The summed E-state index contributed by atoms with van der Waals surface area (Å²) in [5.74, 6) is 0.742. The number of aryl methyl sites for hydroxylation is 2. The van der Waals surface area contributed by atoms with Gasteiger partial charge in [-0.1, -0.05) is 12.5 Å². The van der Waals surface area contributed by atoms with E-state index < -0.39 is 10.0 Å². The predicted molar refractivity (Wildman–Crippen MR) is 134 cm³/mol. The van der Waals surface area contributed by atoms with Gasteiger partial charge >= 0.3 is 0 Å². The van der Waals surface area contributed by atoms with E-state index in [4.69, 9.17) is 4.42 Å². The SMILES string of the molecule is O=C(NC[C@H](c1ccco1)N1CCCCC1)C1CCN(S(=O)(=O)c2ccc3c(c2)CCCC3)CC1. The highest BCUT2D eigenvalue weighted by molar-refractivity contribution is 7.89. The molecule has 3 aliphatic rings. The van der Waals surface area contributed by atoms with Gasteiger partial charge in [-0.15, -0.1) is 0 Å². The number of hydrogen-bond donors (Lipinski definition) is 1. The van der Waals surface area contributed by atoms with E-state index in [1.807, 2.05) is 24.3 Å². The molecule has 2 saturated heterocycles. The van der Waals surface area contributed by atoms with Gasteiger partial charge in [-0.25, -0.2) is 8.42 Å². The number of carbonyl (C=O) groups excluding carboxylic acids is 1. The van der Waals surface area contributed by atoms with E-state index in [1.54, 1.807) is 16.6 Å². The van der Waals surface area contributed by atoms with Crippen molar-refractivity contribution in [3.8, 4) is 0 Å². The molecular weight excluding hydrogens is 462 g/mol. The maximum Gasteiger partial charge on any atom is 0.243 e. The van der Waals surface area contributed by atoms with Gasteiger partial charge in [0.25, 0.3) is 0 Å². The Bertz CT molecular complexity index is 1100. The Hall–Kier alpha value is -2.16. The van der Waals surface area contributed by atoms with Crippen molar-refractivity contribution in [3.63, 3.8) is 0 Å². The third-order valence-corrected chi connectivity index (χ3v) is 9.85. The molecule has 0 unspecified atom stereocenters. The van der Waals surface area contributed by atoms with Crippen LogP contribution in [-0.2, 0) is 27.7 Å². The maximum absolute atomic E-state index is 13.3. The van der Waals surface area contributed by atoms with Crippen molar-refractivity contribution < 1.29 is 17.6 Å². The topological polar surface area (TPSA) is 82.9 Å². The average Bonchev–Trinajstić information content (AvgIpc) is 3.44.